The van der Waals surface area contributed by atoms with Crippen LogP contribution in [0.4, 0.5) is 34.6 Å². The van der Waals surface area contributed by atoms with Crippen molar-refractivity contribution in [1.82, 2.24) is 9.97 Å². The molecule has 0 saturated heterocycles. The summed E-state index contributed by atoms with van der Waals surface area (Å²) in [6, 6.07) is 13.9. The van der Waals surface area contributed by atoms with E-state index in [1.54, 1.807) is 24.3 Å². The molecule has 0 unspecified atom stereocenters. The zero-order chi connectivity index (χ0) is 24.5. The SMILES string of the molecule is O=S(=O)(CC(F)(F)F)Nc1cnccc1Nc1cc(-c2cc(Cl)ccc2F)nc2ccccc12. The molecule has 34 heavy (non-hydrogen) atoms. The molecule has 4 aromatic rings. The van der Waals surface area contributed by atoms with E-state index in [1.165, 1.54) is 36.5 Å². The molecule has 12 heteroatoms. The predicted octanol–water partition coefficient (Wildman–Crippen LogP) is 6.14. The van der Waals surface area contributed by atoms with Gasteiger partial charge < -0.3 is 5.32 Å². The number of rotatable bonds is 6. The number of benzene rings is 2. The van der Waals surface area contributed by atoms with Crippen molar-refractivity contribution in [2.75, 3.05) is 15.8 Å². The number of nitrogens with one attached hydrogen (secondary N) is 2. The number of hydrogen-bond acceptors (Lipinski definition) is 5. The summed E-state index contributed by atoms with van der Waals surface area (Å²) in [4.78, 5) is 8.28. The van der Waals surface area contributed by atoms with Crippen LogP contribution in [0, 0.1) is 5.82 Å². The van der Waals surface area contributed by atoms with Gasteiger partial charge in [-0.25, -0.2) is 17.8 Å². The van der Waals surface area contributed by atoms with Gasteiger partial charge in [0, 0.05) is 22.2 Å². The summed E-state index contributed by atoms with van der Waals surface area (Å²) in [7, 11) is -4.74. The number of aromatic nitrogens is 2. The van der Waals surface area contributed by atoms with Gasteiger partial charge in [0.05, 0.1) is 34.5 Å². The van der Waals surface area contributed by atoms with E-state index in [0.717, 1.165) is 6.20 Å². The van der Waals surface area contributed by atoms with Crippen LogP contribution in [0.2, 0.25) is 5.02 Å². The fourth-order valence-electron chi connectivity index (χ4n) is 3.26. The fraction of sp³-hybridized carbons (Fsp3) is 0.0909. The Morgan fingerprint density at radius 1 is 0.971 bits per heavy atom. The first-order valence-corrected chi connectivity index (χ1v) is 11.7. The van der Waals surface area contributed by atoms with Crippen molar-refractivity contribution in [3.8, 4) is 11.3 Å². The van der Waals surface area contributed by atoms with Gasteiger partial charge in [0.2, 0.25) is 10.0 Å². The van der Waals surface area contributed by atoms with Gasteiger partial charge in [-0.2, -0.15) is 13.2 Å². The first kappa shape index (κ1) is 23.7. The highest BCUT2D eigenvalue weighted by molar-refractivity contribution is 7.92. The molecule has 0 aliphatic carbocycles. The van der Waals surface area contributed by atoms with E-state index in [2.05, 4.69) is 15.3 Å². The number of hydrogen-bond donors (Lipinski definition) is 2. The lowest BCUT2D eigenvalue weighted by Gasteiger charge is -2.16. The highest BCUT2D eigenvalue weighted by Gasteiger charge is 2.35. The lowest BCUT2D eigenvalue weighted by Crippen LogP contribution is -2.28. The molecular formula is C22H15ClF4N4O2S. The minimum absolute atomic E-state index is 0.134. The summed E-state index contributed by atoms with van der Waals surface area (Å²) < 4.78 is 78.3. The van der Waals surface area contributed by atoms with Crippen molar-refractivity contribution in [3.63, 3.8) is 0 Å². The van der Waals surface area contributed by atoms with Gasteiger partial charge in [-0.3, -0.25) is 9.71 Å². The number of anilines is 3. The van der Waals surface area contributed by atoms with E-state index in [9.17, 15) is 26.0 Å². The Bertz CT molecular complexity index is 1480. The maximum absolute atomic E-state index is 14.5. The lowest BCUT2D eigenvalue weighted by atomic mass is 10.1. The first-order valence-electron chi connectivity index (χ1n) is 9.64. The van der Waals surface area contributed by atoms with E-state index in [-0.39, 0.29) is 22.6 Å². The summed E-state index contributed by atoms with van der Waals surface area (Å²) in [5.74, 6) is -2.60. The highest BCUT2D eigenvalue weighted by atomic mass is 35.5. The topological polar surface area (TPSA) is 84.0 Å². The summed E-state index contributed by atoms with van der Waals surface area (Å²) in [6.45, 7) is 0. The van der Waals surface area contributed by atoms with Crippen LogP contribution in [0.1, 0.15) is 0 Å². The van der Waals surface area contributed by atoms with Crippen LogP contribution in [0.25, 0.3) is 22.2 Å². The van der Waals surface area contributed by atoms with Crippen LogP contribution < -0.4 is 10.0 Å². The average molecular weight is 511 g/mol. The number of pyridine rings is 2. The van der Waals surface area contributed by atoms with Crippen molar-refractivity contribution < 1.29 is 26.0 Å². The Kier molecular flexibility index (Phi) is 6.32. The Morgan fingerprint density at radius 2 is 1.74 bits per heavy atom. The van der Waals surface area contributed by atoms with Gasteiger partial charge in [-0.1, -0.05) is 29.8 Å². The second-order valence-corrected chi connectivity index (χ2v) is 9.38. The molecule has 0 radical (unpaired) electrons. The Morgan fingerprint density at radius 3 is 2.50 bits per heavy atom. The maximum atomic E-state index is 14.5. The second kappa shape index (κ2) is 9.07. The van der Waals surface area contributed by atoms with Crippen molar-refractivity contribution in [2.24, 2.45) is 0 Å². The number of halogens is 5. The van der Waals surface area contributed by atoms with Gasteiger partial charge >= 0.3 is 6.18 Å². The minimum atomic E-state index is -4.92. The zero-order valence-corrected chi connectivity index (χ0v) is 18.6. The molecule has 4 rings (SSSR count). The maximum Gasteiger partial charge on any atom is 0.404 e. The van der Waals surface area contributed by atoms with Gasteiger partial charge in [-0.15, -0.1) is 0 Å². The Hall–Kier alpha value is -3.44. The van der Waals surface area contributed by atoms with Crippen molar-refractivity contribution >= 4 is 49.6 Å². The molecule has 0 fully saturated rings. The quantitative estimate of drug-likeness (QED) is 0.304. The third kappa shape index (κ3) is 5.54. The molecule has 2 N–H and O–H groups in total. The van der Waals surface area contributed by atoms with E-state index in [1.807, 2.05) is 4.72 Å². The van der Waals surface area contributed by atoms with Gasteiger partial charge in [0.15, 0.2) is 5.75 Å². The van der Waals surface area contributed by atoms with Gasteiger partial charge in [0.1, 0.15) is 5.82 Å². The van der Waals surface area contributed by atoms with E-state index >= 15 is 0 Å². The molecule has 0 aliphatic heterocycles. The predicted molar refractivity (Wildman–Crippen MR) is 123 cm³/mol. The Balaban J connectivity index is 1.78. The molecule has 0 aliphatic rings. The summed E-state index contributed by atoms with van der Waals surface area (Å²) in [5, 5.41) is 3.91. The third-order valence-corrected chi connectivity index (χ3v) is 6.10. The molecule has 2 heterocycles. The highest BCUT2D eigenvalue weighted by Crippen LogP contribution is 2.34. The molecule has 176 valence electrons. The van der Waals surface area contributed by atoms with Crippen LogP contribution >= 0.6 is 11.6 Å². The molecule has 0 bridgehead atoms. The second-order valence-electron chi connectivity index (χ2n) is 7.22. The molecule has 6 nitrogen and oxygen atoms in total. The number of sulfonamides is 1. The van der Waals surface area contributed by atoms with Crippen molar-refractivity contribution in [1.29, 1.82) is 0 Å². The molecule has 2 aromatic heterocycles. The molecule has 0 spiro atoms. The number of para-hydroxylation sites is 1. The molecule has 0 saturated carbocycles. The molecule has 0 amide bonds. The minimum Gasteiger partial charge on any atom is -0.353 e. The summed E-state index contributed by atoms with van der Waals surface area (Å²) in [5.41, 5.74) is 1.23. The molecule has 2 aromatic carbocycles. The van der Waals surface area contributed by atoms with Gasteiger partial charge in [0.25, 0.3) is 0 Å². The van der Waals surface area contributed by atoms with E-state index < -0.39 is 27.8 Å². The third-order valence-electron chi connectivity index (χ3n) is 4.63. The summed E-state index contributed by atoms with van der Waals surface area (Å²) in [6.07, 6.45) is -2.50. The van der Waals surface area contributed by atoms with E-state index in [4.69, 9.17) is 11.6 Å². The summed E-state index contributed by atoms with van der Waals surface area (Å²) >= 11 is 6.02. The standard InChI is InChI=1S/C22H15ClF4N4O2S/c23-13-5-6-16(24)15(9-13)20-10-19(14-3-1-2-4-17(14)29-20)30-18-7-8-28-11-21(18)31-34(32,33)12-22(25,26)27/h1-11,31H,12H2,(H,28,29,30). The largest absolute Gasteiger partial charge is 0.404 e. The number of fused-ring (bicyclic) bond motifs is 1. The van der Waals surface area contributed by atoms with E-state index in [0.29, 0.717) is 21.6 Å². The molecular weight excluding hydrogens is 496 g/mol. The van der Waals surface area contributed by atoms with Crippen molar-refractivity contribution in [2.45, 2.75) is 6.18 Å². The Labute approximate surface area is 196 Å². The average Bonchev–Trinajstić information content (AvgIpc) is 2.75. The van der Waals surface area contributed by atoms with Crippen LogP contribution in [-0.4, -0.2) is 30.3 Å². The smallest absolute Gasteiger partial charge is 0.353 e. The fourth-order valence-corrected chi connectivity index (χ4v) is 4.43. The zero-order valence-electron chi connectivity index (χ0n) is 17.1. The van der Waals surface area contributed by atoms with Crippen LogP contribution in [0.3, 0.4) is 0 Å². The van der Waals surface area contributed by atoms with Gasteiger partial charge in [-0.05, 0) is 36.4 Å². The van der Waals surface area contributed by atoms with Crippen LogP contribution in [-0.2, 0) is 10.0 Å². The lowest BCUT2D eigenvalue weighted by molar-refractivity contribution is -0.106. The normalized spacial score (nSPS) is 12.0. The van der Waals surface area contributed by atoms with Crippen molar-refractivity contribution in [3.05, 3.63) is 77.8 Å². The van der Waals surface area contributed by atoms with Crippen LogP contribution in [0.15, 0.2) is 67.0 Å². The molecule has 0 atom stereocenters. The van der Waals surface area contributed by atoms with Crippen LogP contribution in [0.5, 0.6) is 0 Å². The monoisotopic (exact) mass is 510 g/mol. The first-order chi connectivity index (χ1) is 16.0. The number of alkyl halides is 3. The number of nitrogens with zero attached hydrogens (tertiary/aromatic N) is 2.